The zero-order valence-corrected chi connectivity index (χ0v) is 22.1. The number of Topliss-reactive ketones (excluding diaryl/α,β-unsaturated/α-hetero) is 3. The molecule has 2 aromatic carbocycles. The van der Waals surface area contributed by atoms with Crippen molar-refractivity contribution in [2.45, 2.75) is 31.1 Å². The van der Waals surface area contributed by atoms with E-state index in [4.69, 9.17) is 9.26 Å². The number of rotatable bonds is 5. The van der Waals surface area contributed by atoms with Crippen molar-refractivity contribution in [3.05, 3.63) is 70.2 Å². The van der Waals surface area contributed by atoms with Crippen molar-refractivity contribution < 1.29 is 38.2 Å². The predicted octanol–water partition coefficient (Wildman–Crippen LogP) is 2.93. The van der Waals surface area contributed by atoms with E-state index in [0.29, 0.717) is 0 Å². The number of carbonyl (C=O) groups excluding carboxylic acids is 3. The number of nitrogens with zero attached hydrogens (tertiary/aromatic N) is 2. The maximum absolute atomic E-state index is 15.1. The highest BCUT2D eigenvalue weighted by atomic mass is 19.1. The Morgan fingerprint density at radius 3 is 2.60 bits per heavy atom. The van der Waals surface area contributed by atoms with Crippen LogP contribution in [0.3, 0.4) is 0 Å². The second-order valence-corrected chi connectivity index (χ2v) is 10.9. The highest BCUT2D eigenvalue weighted by Crippen LogP contribution is 2.55. The summed E-state index contributed by atoms with van der Waals surface area (Å²) < 4.78 is 26.5. The van der Waals surface area contributed by atoms with E-state index in [-0.39, 0.29) is 53.5 Å². The van der Waals surface area contributed by atoms with Gasteiger partial charge in [-0.2, -0.15) is 0 Å². The van der Waals surface area contributed by atoms with E-state index < -0.39 is 58.3 Å². The third kappa shape index (κ3) is 3.54. The average molecular weight is 550 g/mol. The minimum Gasteiger partial charge on any atom is -0.505 e. The van der Waals surface area contributed by atoms with Gasteiger partial charge in [-0.3, -0.25) is 19.3 Å². The largest absolute Gasteiger partial charge is 0.505 e. The number of phenols is 1. The van der Waals surface area contributed by atoms with Gasteiger partial charge in [0, 0.05) is 24.6 Å². The van der Waals surface area contributed by atoms with Crippen molar-refractivity contribution in [2.75, 3.05) is 26.5 Å². The first-order valence-electron chi connectivity index (χ1n) is 13.0. The van der Waals surface area contributed by atoms with Crippen LogP contribution in [0.1, 0.15) is 50.1 Å². The second kappa shape index (κ2) is 9.24. The van der Waals surface area contributed by atoms with Gasteiger partial charge in [0.1, 0.15) is 23.7 Å². The lowest BCUT2D eigenvalue weighted by Crippen LogP contribution is -2.66. The van der Waals surface area contributed by atoms with Gasteiger partial charge < -0.3 is 24.8 Å². The number of ketones is 3. The molecule has 1 saturated carbocycles. The molecular formula is C29H28FN3O7. The Bertz CT molecular complexity index is 1550. The Morgan fingerprint density at radius 2 is 1.93 bits per heavy atom. The van der Waals surface area contributed by atoms with E-state index in [1.165, 1.54) is 7.05 Å². The third-order valence-electron chi connectivity index (χ3n) is 8.53. The first-order valence-corrected chi connectivity index (χ1v) is 13.0. The first kappa shape index (κ1) is 26.1. The molecule has 0 amide bonds. The number of anilines is 1. The fourth-order valence-electron chi connectivity index (χ4n) is 6.68. The van der Waals surface area contributed by atoms with E-state index in [2.05, 4.69) is 10.5 Å². The number of aliphatic hydroxyl groups is 1. The number of carbonyl (C=O) groups is 3. The van der Waals surface area contributed by atoms with E-state index in [1.807, 2.05) is 30.3 Å². The van der Waals surface area contributed by atoms with Gasteiger partial charge in [-0.25, -0.2) is 4.39 Å². The average Bonchev–Trinajstić information content (AvgIpc) is 3.35. The molecular weight excluding hydrogens is 521 g/mol. The number of benzene rings is 2. The molecule has 0 spiro atoms. The molecule has 0 aliphatic heterocycles. The van der Waals surface area contributed by atoms with Crippen LogP contribution in [0.4, 0.5) is 10.1 Å². The molecule has 208 valence electrons. The quantitative estimate of drug-likeness (QED) is 0.321. The maximum atomic E-state index is 15.1. The minimum atomic E-state index is -2.58. The fourth-order valence-corrected chi connectivity index (χ4v) is 6.68. The molecule has 3 aromatic rings. The van der Waals surface area contributed by atoms with Gasteiger partial charge in [-0.1, -0.05) is 30.3 Å². The normalized spacial score (nSPS) is 27.1. The van der Waals surface area contributed by atoms with Crippen molar-refractivity contribution in [1.29, 1.82) is 0 Å². The number of nitrogens with one attached hydrogen (secondary N) is 1. The molecule has 1 aromatic heterocycles. The van der Waals surface area contributed by atoms with E-state index in [0.717, 1.165) is 11.6 Å². The summed E-state index contributed by atoms with van der Waals surface area (Å²) in [5, 5.41) is 29.3. The Kier molecular flexibility index (Phi) is 6.04. The van der Waals surface area contributed by atoms with Crippen LogP contribution in [0.2, 0.25) is 0 Å². The van der Waals surface area contributed by atoms with Crippen molar-refractivity contribution >= 4 is 23.0 Å². The summed E-state index contributed by atoms with van der Waals surface area (Å²) in [6, 6.07) is 9.51. The third-order valence-corrected chi connectivity index (χ3v) is 8.53. The van der Waals surface area contributed by atoms with Gasteiger partial charge in [0.05, 0.1) is 23.2 Å². The minimum absolute atomic E-state index is 0.00127. The smallest absolute Gasteiger partial charge is 0.265 e. The summed E-state index contributed by atoms with van der Waals surface area (Å²) in [5.41, 5.74) is -2.21. The molecule has 1 heterocycles. The van der Waals surface area contributed by atoms with Crippen molar-refractivity contribution in [1.82, 2.24) is 10.1 Å². The molecule has 3 aliphatic carbocycles. The number of phenolic OH excluding ortho intramolecular Hbond substituents is 1. The SMILES string of the molecule is CNc1cc(F)c2c(c1O)C(=O)C1C(=O)[C@]3(O)C(=O)c4c(OCc5ccccc5)noc4[C@@H](N(C)C)[C@@H]3C[C@@H]1C2. The van der Waals surface area contributed by atoms with Gasteiger partial charge in [-0.15, -0.1) is 0 Å². The van der Waals surface area contributed by atoms with Crippen molar-refractivity contribution in [3.8, 4) is 11.6 Å². The Labute approximate surface area is 228 Å². The predicted molar refractivity (Wildman–Crippen MR) is 139 cm³/mol. The summed E-state index contributed by atoms with van der Waals surface area (Å²) in [4.78, 5) is 43.5. The zero-order valence-electron chi connectivity index (χ0n) is 22.1. The lowest BCUT2D eigenvalue weighted by Gasteiger charge is -2.50. The summed E-state index contributed by atoms with van der Waals surface area (Å²) >= 11 is 0. The Balaban J connectivity index is 1.43. The highest BCUT2D eigenvalue weighted by molar-refractivity contribution is 6.27. The molecule has 1 unspecified atom stereocenters. The first-order chi connectivity index (χ1) is 19.1. The molecule has 3 aliphatic rings. The topological polar surface area (TPSA) is 142 Å². The lowest BCUT2D eigenvalue weighted by atomic mass is 9.54. The summed E-state index contributed by atoms with van der Waals surface area (Å²) in [5.74, 6) is -7.01. The molecule has 0 bridgehead atoms. The molecule has 10 nitrogen and oxygen atoms in total. The summed E-state index contributed by atoms with van der Waals surface area (Å²) in [6.07, 6.45) is 0.0392. The standard InChI is InChI=1S/C29H28FN3O7/c1-31-18-11-17(30)15-9-14-10-16-22(33(2)3)25-21(28(32-40-25)39-12-13-7-5-4-6-8-13)27(37)29(16,38)26(36)19(14)24(35)20(15)23(18)34/h4-8,11,14,16,19,22,31,34,38H,9-10,12H2,1-3H3/t14-,16-,19?,22-,29-/m0/s1. The molecule has 6 rings (SSSR count). The Morgan fingerprint density at radius 1 is 1.20 bits per heavy atom. The number of hydrogen-bond donors (Lipinski definition) is 3. The van der Waals surface area contributed by atoms with Crippen molar-refractivity contribution in [2.24, 2.45) is 17.8 Å². The Hall–Kier alpha value is -4.09. The van der Waals surface area contributed by atoms with Crippen LogP contribution in [0.15, 0.2) is 40.9 Å². The van der Waals surface area contributed by atoms with Gasteiger partial charge in [0.25, 0.3) is 5.88 Å². The maximum Gasteiger partial charge on any atom is 0.265 e. The fraction of sp³-hybridized carbons (Fsp3) is 0.379. The van der Waals surface area contributed by atoms with Crippen LogP contribution >= 0.6 is 0 Å². The molecule has 3 N–H and O–H groups in total. The van der Waals surface area contributed by atoms with Gasteiger partial charge in [-0.05, 0) is 43.6 Å². The van der Waals surface area contributed by atoms with E-state index in [1.54, 1.807) is 19.0 Å². The number of hydrogen-bond acceptors (Lipinski definition) is 10. The molecule has 0 saturated heterocycles. The molecule has 1 fully saturated rings. The monoisotopic (exact) mass is 549 g/mol. The zero-order chi connectivity index (χ0) is 28.5. The van der Waals surface area contributed by atoms with Crippen LogP contribution in [0.5, 0.6) is 11.6 Å². The number of halogens is 1. The van der Waals surface area contributed by atoms with Crippen LogP contribution < -0.4 is 10.1 Å². The molecule has 11 heteroatoms. The molecule has 5 atom stereocenters. The number of fused-ring (bicyclic) bond motifs is 4. The summed E-state index contributed by atoms with van der Waals surface area (Å²) in [6.45, 7) is 0.0636. The lowest BCUT2D eigenvalue weighted by molar-refractivity contribution is -0.153. The number of ether oxygens (including phenoxy) is 1. The van der Waals surface area contributed by atoms with E-state index in [9.17, 15) is 24.6 Å². The van der Waals surface area contributed by atoms with Crippen LogP contribution in [0, 0.1) is 23.6 Å². The van der Waals surface area contributed by atoms with Crippen LogP contribution in [-0.4, -0.2) is 64.4 Å². The molecule has 0 radical (unpaired) electrons. The van der Waals surface area contributed by atoms with Gasteiger partial charge >= 0.3 is 0 Å². The van der Waals surface area contributed by atoms with Crippen LogP contribution in [0.25, 0.3) is 0 Å². The van der Waals surface area contributed by atoms with Crippen LogP contribution in [-0.2, 0) is 17.8 Å². The van der Waals surface area contributed by atoms with Gasteiger partial charge in [0.2, 0.25) is 5.78 Å². The van der Waals surface area contributed by atoms with E-state index >= 15 is 4.39 Å². The second-order valence-electron chi connectivity index (χ2n) is 10.9. The number of aromatic nitrogens is 1. The number of aromatic hydroxyl groups is 1. The summed E-state index contributed by atoms with van der Waals surface area (Å²) in [7, 11) is 4.89. The highest BCUT2D eigenvalue weighted by Gasteiger charge is 2.67. The molecule has 40 heavy (non-hydrogen) atoms. The van der Waals surface area contributed by atoms with Gasteiger partial charge in [0.15, 0.2) is 22.9 Å². The van der Waals surface area contributed by atoms with Crippen molar-refractivity contribution in [3.63, 3.8) is 0 Å².